The smallest absolute Gasteiger partial charge is 0.326 e. The van der Waals surface area contributed by atoms with Gasteiger partial charge in [0.05, 0.1) is 19.0 Å². The molecule has 0 aliphatic rings. The van der Waals surface area contributed by atoms with Crippen LogP contribution >= 0.6 is 11.8 Å². The molecule has 3 amide bonds. The van der Waals surface area contributed by atoms with E-state index in [1.807, 2.05) is 6.26 Å². The van der Waals surface area contributed by atoms with Crippen LogP contribution in [-0.2, 0) is 24.0 Å². The van der Waals surface area contributed by atoms with Crippen LogP contribution in [0, 0.1) is 5.92 Å². The number of aliphatic carboxylic acids is 2. The molecule has 11 nitrogen and oxygen atoms in total. The van der Waals surface area contributed by atoms with E-state index in [0.717, 1.165) is 0 Å². The molecular formula is C17H30N4O7S. The zero-order valence-electron chi connectivity index (χ0n) is 16.8. The Balaban J connectivity index is 4.91. The molecule has 0 saturated heterocycles. The molecule has 29 heavy (non-hydrogen) atoms. The molecule has 0 aromatic heterocycles. The lowest BCUT2D eigenvalue weighted by Gasteiger charge is -2.23. The van der Waals surface area contributed by atoms with Gasteiger partial charge in [0.2, 0.25) is 17.7 Å². The maximum atomic E-state index is 12.4. The summed E-state index contributed by atoms with van der Waals surface area (Å²) in [5.41, 5.74) is 5.67. The van der Waals surface area contributed by atoms with E-state index in [0.29, 0.717) is 18.6 Å². The molecule has 0 aliphatic heterocycles. The number of carboxylic acid groups (broad SMARTS) is 2. The predicted octanol–water partition coefficient (Wildman–Crippen LogP) is -1.24. The second kappa shape index (κ2) is 13.8. The van der Waals surface area contributed by atoms with Gasteiger partial charge < -0.3 is 31.9 Å². The first-order chi connectivity index (χ1) is 13.5. The standard InChI is InChI=1S/C17H30N4O7S/c1-4-9(2)14(17(27)28)21-16(26)11(7-13(23)24)20-12(22)8-19-15(25)10(18)5-6-29-3/h9-11,14H,4-8,18H2,1-3H3,(H,19,25)(H,20,22)(H,21,26)(H,23,24)(H,27,28). The molecule has 7 N–H and O–H groups in total. The number of hydrogen-bond donors (Lipinski definition) is 6. The minimum Gasteiger partial charge on any atom is -0.481 e. The lowest BCUT2D eigenvalue weighted by Crippen LogP contribution is -2.55. The molecule has 4 unspecified atom stereocenters. The van der Waals surface area contributed by atoms with E-state index in [2.05, 4.69) is 16.0 Å². The number of carboxylic acids is 2. The van der Waals surface area contributed by atoms with Crippen molar-refractivity contribution < 1.29 is 34.2 Å². The van der Waals surface area contributed by atoms with Crippen LogP contribution in [0.1, 0.15) is 33.1 Å². The van der Waals surface area contributed by atoms with Gasteiger partial charge in [0.15, 0.2) is 0 Å². The number of amides is 3. The largest absolute Gasteiger partial charge is 0.481 e. The molecule has 0 saturated carbocycles. The first kappa shape index (κ1) is 26.7. The zero-order chi connectivity index (χ0) is 22.6. The molecule has 0 aromatic rings. The van der Waals surface area contributed by atoms with Crippen LogP contribution in [0.3, 0.4) is 0 Å². The number of nitrogens with one attached hydrogen (secondary N) is 3. The second-order valence-corrected chi connectivity index (χ2v) is 7.52. The summed E-state index contributed by atoms with van der Waals surface area (Å²) in [6.07, 6.45) is 2.01. The van der Waals surface area contributed by atoms with Gasteiger partial charge in [-0.25, -0.2) is 4.79 Å². The SMILES string of the molecule is CCC(C)C(NC(=O)C(CC(=O)O)NC(=O)CNC(=O)C(N)CCSC)C(=O)O. The summed E-state index contributed by atoms with van der Waals surface area (Å²) in [5, 5.41) is 25.0. The van der Waals surface area contributed by atoms with Gasteiger partial charge in [-0.1, -0.05) is 20.3 Å². The van der Waals surface area contributed by atoms with Crippen molar-refractivity contribution in [3.63, 3.8) is 0 Å². The van der Waals surface area contributed by atoms with E-state index < -0.39 is 66.7 Å². The quantitative estimate of drug-likeness (QED) is 0.194. The van der Waals surface area contributed by atoms with Crippen molar-refractivity contribution in [2.75, 3.05) is 18.6 Å². The molecule has 4 atom stereocenters. The fourth-order valence-corrected chi connectivity index (χ4v) is 2.73. The van der Waals surface area contributed by atoms with Gasteiger partial charge in [-0.3, -0.25) is 19.2 Å². The van der Waals surface area contributed by atoms with Gasteiger partial charge in [-0.05, 0) is 24.3 Å². The number of carbonyl (C=O) groups is 5. The Labute approximate surface area is 173 Å². The van der Waals surface area contributed by atoms with Crippen LogP contribution in [0.15, 0.2) is 0 Å². The number of rotatable bonds is 14. The molecule has 0 aliphatic carbocycles. The lowest BCUT2D eigenvalue weighted by atomic mass is 9.98. The van der Waals surface area contributed by atoms with E-state index >= 15 is 0 Å². The minimum absolute atomic E-state index is 0.403. The monoisotopic (exact) mass is 434 g/mol. The Bertz CT molecular complexity index is 602. The fraction of sp³-hybridized carbons (Fsp3) is 0.706. The van der Waals surface area contributed by atoms with Gasteiger partial charge in [0.1, 0.15) is 12.1 Å². The van der Waals surface area contributed by atoms with Gasteiger partial charge in [-0.2, -0.15) is 11.8 Å². The molecule has 0 bridgehead atoms. The number of hydrogen-bond acceptors (Lipinski definition) is 7. The van der Waals surface area contributed by atoms with Crippen LogP contribution in [0.5, 0.6) is 0 Å². The Morgan fingerprint density at radius 2 is 1.69 bits per heavy atom. The van der Waals surface area contributed by atoms with Crippen LogP contribution in [-0.4, -0.2) is 76.6 Å². The Kier molecular flexibility index (Phi) is 12.7. The van der Waals surface area contributed by atoms with E-state index in [-0.39, 0.29) is 0 Å². The van der Waals surface area contributed by atoms with E-state index in [9.17, 15) is 29.1 Å². The van der Waals surface area contributed by atoms with Crippen molar-refractivity contribution in [1.29, 1.82) is 0 Å². The average molecular weight is 435 g/mol. The van der Waals surface area contributed by atoms with E-state index in [1.54, 1.807) is 13.8 Å². The molecule has 0 rings (SSSR count). The van der Waals surface area contributed by atoms with E-state index in [4.69, 9.17) is 10.8 Å². The predicted molar refractivity (Wildman–Crippen MR) is 107 cm³/mol. The van der Waals surface area contributed by atoms with Crippen LogP contribution in [0.25, 0.3) is 0 Å². The first-order valence-corrected chi connectivity index (χ1v) is 10.5. The van der Waals surface area contributed by atoms with Gasteiger partial charge in [0, 0.05) is 0 Å². The van der Waals surface area contributed by atoms with Crippen molar-refractivity contribution in [3.05, 3.63) is 0 Å². The molecular weight excluding hydrogens is 404 g/mol. The number of thioether (sulfide) groups is 1. The molecule has 12 heteroatoms. The maximum Gasteiger partial charge on any atom is 0.326 e. The average Bonchev–Trinajstić information content (AvgIpc) is 2.66. The molecule has 0 radical (unpaired) electrons. The molecule has 166 valence electrons. The summed E-state index contributed by atoms with van der Waals surface area (Å²) in [6.45, 7) is 2.87. The van der Waals surface area contributed by atoms with Crippen molar-refractivity contribution in [2.24, 2.45) is 11.7 Å². The molecule has 0 heterocycles. The molecule has 0 aromatic carbocycles. The third-order valence-corrected chi connectivity index (χ3v) is 4.84. The van der Waals surface area contributed by atoms with Crippen LogP contribution < -0.4 is 21.7 Å². The van der Waals surface area contributed by atoms with Crippen molar-refractivity contribution in [3.8, 4) is 0 Å². The third kappa shape index (κ3) is 10.7. The summed E-state index contributed by atoms with van der Waals surface area (Å²) in [5.74, 6) is -4.63. The Hall–Kier alpha value is -2.34. The number of nitrogens with two attached hydrogens (primary N) is 1. The van der Waals surface area contributed by atoms with Crippen molar-refractivity contribution >= 4 is 41.4 Å². The number of carbonyl (C=O) groups excluding carboxylic acids is 3. The van der Waals surface area contributed by atoms with Crippen molar-refractivity contribution in [1.82, 2.24) is 16.0 Å². The summed E-state index contributed by atoms with van der Waals surface area (Å²) in [6, 6.07) is -3.51. The highest BCUT2D eigenvalue weighted by Crippen LogP contribution is 2.08. The summed E-state index contributed by atoms with van der Waals surface area (Å²) in [7, 11) is 0. The van der Waals surface area contributed by atoms with Gasteiger partial charge >= 0.3 is 11.9 Å². The zero-order valence-corrected chi connectivity index (χ0v) is 17.6. The highest BCUT2D eigenvalue weighted by Gasteiger charge is 2.30. The summed E-state index contributed by atoms with van der Waals surface area (Å²) < 4.78 is 0. The topological polar surface area (TPSA) is 188 Å². The Morgan fingerprint density at radius 1 is 1.07 bits per heavy atom. The summed E-state index contributed by atoms with van der Waals surface area (Å²) >= 11 is 1.52. The minimum atomic E-state index is -1.49. The third-order valence-electron chi connectivity index (χ3n) is 4.20. The van der Waals surface area contributed by atoms with Gasteiger partial charge in [-0.15, -0.1) is 0 Å². The van der Waals surface area contributed by atoms with Crippen LogP contribution in [0.4, 0.5) is 0 Å². The first-order valence-electron chi connectivity index (χ1n) is 9.09. The van der Waals surface area contributed by atoms with E-state index in [1.165, 1.54) is 11.8 Å². The highest BCUT2D eigenvalue weighted by atomic mass is 32.2. The lowest BCUT2D eigenvalue weighted by molar-refractivity contribution is -0.144. The van der Waals surface area contributed by atoms with Gasteiger partial charge in [0.25, 0.3) is 0 Å². The Morgan fingerprint density at radius 3 is 2.17 bits per heavy atom. The highest BCUT2D eigenvalue weighted by molar-refractivity contribution is 7.98. The summed E-state index contributed by atoms with van der Waals surface area (Å²) in [4.78, 5) is 58.6. The normalized spacial score (nSPS) is 14.8. The fourth-order valence-electron chi connectivity index (χ4n) is 2.24. The molecule has 0 spiro atoms. The maximum absolute atomic E-state index is 12.4. The van der Waals surface area contributed by atoms with Crippen LogP contribution in [0.2, 0.25) is 0 Å². The second-order valence-electron chi connectivity index (χ2n) is 6.53. The van der Waals surface area contributed by atoms with Crippen molar-refractivity contribution in [2.45, 2.75) is 51.2 Å². The molecule has 0 fully saturated rings.